The molecule has 0 spiro atoms. The van der Waals surface area contributed by atoms with Gasteiger partial charge in [0, 0.05) is 18.9 Å². The monoisotopic (exact) mass is 261 g/mol. The van der Waals surface area contributed by atoms with Crippen molar-refractivity contribution < 1.29 is 4.74 Å². The number of nitrogens with two attached hydrogens (primary N) is 1. The first-order valence-corrected chi connectivity index (χ1v) is 6.18. The van der Waals surface area contributed by atoms with Gasteiger partial charge in [-0.15, -0.1) is 0 Å². The molecular weight excluding hydrogens is 242 g/mol. The van der Waals surface area contributed by atoms with Gasteiger partial charge in [0.2, 0.25) is 0 Å². The van der Waals surface area contributed by atoms with Crippen molar-refractivity contribution in [2.45, 2.75) is 18.9 Å². The van der Waals surface area contributed by atoms with Gasteiger partial charge in [0.25, 0.3) is 0 Å². The molecule has 6 nitrogen and oxygen atoms in total. The highest BCUT2D eigenvalue weighted by molar-refractivity contribution is 5.28. The Balaban J connectivity index is 2.10. The Labute approximate surface area is 112 Å². The van der Waals surface area contributed by atoms with Crippen molar-refractivity contribution in [1.29, 1.82) is 0 Å². The summed E-state index contributed by atoms with van der Waals surface area (Å²) in [6.07, 6.45) is 5.15. The van der Waals surface area contributed by atoms with Crippen LogP contribution in [-0.2, 0) is 13.5 Å². The molecule has 0 bridgehead atoms. The van der Waals surface area contributed by atoms with Crippen LogP contribution >= 0.6 is 0 Å². The highest BCUT2D eigenvalue weighted by Gasteiger charge is 2.19. The van der Waals surface area contributed by atoms with Gasteiger partial charge in [-0.2, -0.15) is 5.10 Å². The number of nitrogens with zero attached hydrogens (tertiary/aromatic N) is 3. The molecule has 0 aliphatic carbocycles. The summed E-state index contributed by atoms with van der Waals surface area (Å²) in [5, 5.41) is 4.19. The van der Waals surface area contributed by atoms with Crippen molar-refractivity contribution in [2.24, 2.45) is 12.9 Å². The van der Waals surface area contributed by atoms with Gasteiger partial charge >= 0.3 is 0 Å². The molecule has 2 aromatic rings. The van der Waals surface area contributed by atoms with Crippen LogP contribution < -0.4 is 16.0 Å². The number of nitrogens with one attached hydrogen (secondary N) is 1. The van der Waals surface area contributed by atoms with E-state index in [1.165, 1.54) is 0 Å². The van der Waals surface area contributed by atoms with E-state index in [1.54, 1.807) is 24.2 Å². The van der Waals surface area contributed by atoms with Crippen molar-refractivity contribution in [2.75, 3.05) is 7.11 Å². The Morgan fingerprint density at radius 2 is 2.32 bits per heavy atom. The van der Waals surface area contributed by atoms with E-state index in [9.17, 15) is 0 Å². The Kier molecular flexibility index (Phi) is 4.48. The third-order valence-electron chi connectivity index (χ3n) is 3.12. The molecule has 102 valence electrons. The molecule has 0 amide bonds. The van der Waals surface area contributed by atoms with Crippen molar-refractivity contribution in [3.05, 3.63) is 42.0 Å². The van der Waals surface area contributed by atoms with Crippen LogP contribution in [0.4, 0.5) is 0 Å². The summed E-state index contributed by atoms with van der Waals surface area (Å²) in [5.41, 5.74) is 4.81. The van der Waals surface area contributed by atoms with Gasteiger partial charge in [0.15, 0.2) is 5.75 Å². The highest BCUT2D eigenvalue weighted by Crippen LogP contribution is 2.26. The zero-order chi connectivity index (χ0) is 13.7. The number of hydrazine groups is 1. The second kappa shape index (κ2) is 6.31. The second-order valence-corrected chi connectivity index (χ2v) is 4.30. The lowest BCUT2D eigenvalue weighted by molar-refractivity contribution is 0.389. The smallest absolute Gasteiger partial charge is 0.161 e. The number of aryl methyl sites for hydroxylation is 2. The Bertz CT molecular complexity index is 511. The van der Waals surface area contributed by atoms with E-state index in [1.807, 2.05) is 25.2 Å². The first-order chi connectivity index (χ1) is 9.26. The number of hydrogen-bond donors (Lipinski definition) is 2. The topological polar surface area (TPSA) is 78.0 Å². The second-order valence-electron chi connectivity index (χ2n) is 4.30. The normalized spacial score (nSPS) is 12.4. The van der Waals surface area contributed by atoms with Gasteiger partial charge in [-0.05, 0) is 25.0 Å². The molecule has 6 heteroatoms. The molecule has 2 heterocycles. The predicted octanol–water partition coefficient (Wildman–Crippen LogP) is 0.961. The Morgan fingerprint density at radius 1 is 1.47 bits per heavy atom. The highest BCUT2D eigenvalue weighted by atomic mass is 16.5. The van der Waals surface area contributed by atoms with Gasteiger partial charge in [-0.25, -0.2) is 0 Å². The quantitative estimate of drug-likeness (QED) is 0.598. The summed E-state index contributed by atoms with van der Waals surface area (Å²) < 4.78 is 7.09. The van der Waals surface area contributed by atoms with Gasteiger partial charge < -0.3 is 4.74 Å². The summed E-state index contributed by atoms with van der Waals surface area (Å²) >= 11 is 0. The lowest BCUT2D eigenvalue weighted by atomic mass is 10.1. The molecule has 0 saturated carbocycles. The van der Waals surface area contributed by atoms with Crippen LogP contribution in [0.15, 0.2) is 30.6 Å². The summed E-state index contributed by atoms with van der Waals surface area (Å²) in [6, 6.07) is 5.88. The van der Waals surface area contributed by atoms with Gasteiger partial charge in [-0.3, -0.25) is 20.9 Å². The zero-order valence-corrected chi connectivity index (χ0v) is 11.2. The van der Waals surface area contributed by atoms with E-state index in [0.29, 0.717) is 0 Å². The maximum Gasteiger partial charge on any atom is 0.161 e. The SMILES string of the molecule is COc1cnn(C)c1C(CCc1ccccn1)NN. The minimum Gasteiger partial charge on any atom is -0.493 e. The minimum atomic E-state index is -0.0237. The fourth-order valence-electron chi connectivity index (χ4n) is 2.12. The Morgan fingerprint density at radius 3 is 2.95 bits per heavy atom. The molecule has 0 fully saturated rings. The number of methoxy groups -OCH3 is 1. The molecule has 0 radical (unpaired) electrons. The van der Waals surface area contributed by atoms with E-state index in [0.717, 1.165) is 30.0 Å². The van der Waals surface area contributed by atoms with Crippen molar-refractivity contribution >= 4 is 0 Å². The lowest BCUT2D eigenvalue weighted by Crippen LogP contribution is -2.30. The molecular formula is C13H19N5O. The average Bonchev–Trinajstić information content (AvgIpc) is 2.82. The van der Waals surface area contributed by atoms with Crippen molar-refractivity contribution in [3.63, 3.8) is 0 Å². The van der Waals surface area contributed by atoms with Gasteiger partial charge in [0.05, 0.1) is 25.0 Å². The van der Waals surface area contributed by atoms with E-state index < -0.39 is 0 Å². The molecule has 2 aromatic heterocycles. The largest absolute Gasteiger partial charge is 0.493 e. The van der Waals surface area contributed by atoms with E-state index in [-0.39, 0.29) is 6.04 Å². The van der Waals surface area contributed by atoms with E-state index in [4.69, 9.17) is 10.6 Å². The predicted molar refractivity (Wildman–Crippen MR) is 72.4 cm³/mol. The minimum absolute atomic E-state index is 0.0237. The van der Waals surface area contributed by atoms with Crippen LogP contribution in [0.25, 0.3) is 0 Å². The molecule has 0 saturated heterocycles. The zero-order valence-electron chi connectivity index (χ0n) is 11.2. The van der Waals surface area contributed by atoms with E-state index in [2.05, 4.69) is 15.5 Å². The van der Waals surface area contributed by atoms with Crippen LogP contribution in [0.3, 0.4) is 0 Å². The molecule has 1 unspecified atom stereocenters. The molecule has 19 heavy (non-hydrogen) atoms. The molecule has 0 aliphatic rings. The molecule has 0 aromatic carbocycles. The van der Waals surface area contributed by atoms with Crippen LogP contribution in [0.2, 0.25) is 0 Å². The van der Waals surface area contributed by atoms with Gasteiger partial charge in [0.1, 0.15) is 0 Å². The van der Waals surface area contributed by atoms with Crippen LogP contribution in [-0.4, -0.2) is 21.9 Å². The molecule has 1 atom stereocenters. The first kappa shape index (κ1) is 13.5. The number of pyridine rings is 1. The van der Waals surface area contributed by atoms with Crippen LogP contribution in [0.5, 0.6) is 5.75 Å². The Hall–Kier alpha value is -1.92. The average molecular weight is 261 g/mol. The molecule has 0 aliphatic heterocycles. The fraction of sp³-hybridized carbons (Fsp3) is 0.385. The number of ether oxygens (including phenoxy) is 1. The summed E-state index contributed by atoms with van der Waals surface area (Å²) in [7, 11) is 3.51. The van der Waals surface area contributed by atoms with Crippen LogP contribution in [0.1, 0.15) is 23.9 Å². The fourth-order valence-corrected chi connectivity index (χ4v) is 2.12. The molecule has 2 rings (SSSR count). The number of hydrogen-bond acceptors (Lipinski definition) is 5. The third kappa shape index (κ3) is 3.10. The number of rotatable bonds is 6. The molecule has 3 N–H and O–H groups in total. The standard InChI is InChI=1S/C13H19N5O/c1-18-13(12(19-2)9-16-18)11(17-14)7-6-10-5-3-4-8-15-10/h3-5,8-9,11,17H,6-7,14H2,1-2H3. The maximum absolute atomic E-state index is 5.65. The number of aromatic nitrogens is 3. The first-order valence-electron chi connectivity index (χ1n) is 6.18. The third-order valence-corrected chi connectivity index (χ3v) is 3.12. The lowest BCUT2D eigenvalue weighted by Gasteiger charge is -2.17. The van der Waals surface area contributed by atoms with E-state index >= 15 is 0 Å². The summed E-state index contributed by atoms with van der Waals surface area (Å²) in [6.45, 7) is 0. The van der Waals surface area contributed by atoms with Crippen molar-refractivity contribution in [3.8, 4) is 5.75 Å². The summed E-state index contributed by atoms with van der Waals surface area (Å²) in [4.78, 5) is 4.31. The summed E-state index contributed by atoms with van der Waals surface area (Å²) in [5.74, 6) is 6.40. The van der Waals surface area contributed by atoms with Gasteiger partial charge in [-0.1, -0.05) is 6.07 Å². The maximum atomic E-state index is 5.65. The van der Waals surface area contributed by atoms with Crippen LogP contribution in [0, 0.1) is 0 Å². The van der Waals surface area contributed by atoms with Crippen molar-refractivity contribution in [1.82, 2.24) is 20.2 Å².